The summed E-state index contributed by atoms with van der Waals surface area (Å²) in [4.78, 5) is 4.28. The van der Waals surface area contributed by atoms with Crippen molar-refractivity contribution in [2.45, 2.75) is 0 Å². The van der Waals surface area contributed by atoms with Crippen molar-refractivity contribution in [2.24, 2.45) is 0 Å². The van der Waals surface area contributed by atoms with Crippen LogP contribution in [-0.4, -0.2) is 4.98 Å². The molecule has 0 saturated carbocycles. The molecule has 4 heteroatoms. The molecule has 3 nitrogen and oxygen atoms in total. The monoisotopic (exact) mass is 330 g/mol. The maximum atomic E-state index is 9.49. The first-order valence-corrected chi connectivity index (χ1v) is 7.78. The number of fused-ring (bicyclic) bond motifs is 1. The van der Waals surface area contributed by atoms with Crippen LogP contribution in [0.5, 0.6) is 0 Å². The summed E-state index contributed by atoms with van der Waals surface area (Å²) in [6, 6.07) is 21.4. The van der Waals surface area contributed by atoms with Gasteiger partial charge in [0.15, 0.2) is 0 Å². The van der Waals surface area contributed by atoms with E-state index in [1.165, 1.54) is 6.20 Å². The summed E-state index contributed by atoms with van der Waals surface area (Å²) in [5.74, 6) is 0.710. The lowest BCUT2D eigenvalue weighted by atomic mass is 9.98. The SMILES string of the molecule is N#Cc1cnc2oc(-c3ccccc3)cc2c1-c1ccccc1Cl. The molecule has 0 aliphatic heterocycles. The van der Waals surface area contributed by atoms with E-state index < -0.39 is 0 Å². The highest BCUT2D eigenvalue weighted by Gasteiger charge is 2.17. The van der Waals surface area contributed by atoms with Gasteiger partial charge in [-0.1, -0.05) is 60.1 Å². The molecule has 0 amide bonds. The highest BCUT2D eigenvalue weighted by atomic mass is 35.5. The van der Waals surface area contributed by atoms with Gasteiger partial charge >= 0.3 is 0 Å². The molecular weight excluding hydrogens is 320 g/mol. The van der Waals surface area contributed by atoms with E-state index >= 15 is 0 Å². The van der Waals surface area contributed by atoms with Crippen LogP contribution in [0.15, 0.2) is 71.3 Å². The topological polar surface area (TPSA) is 49.8 Å². The molecule has 2 aromatic heterocycles. The Kier molecular flexibility index (Phi) is 3.53. The van der Waals surface area contributed by atoms with Crippen LogP contribution >= 0.6 is 11.6 Å². The minimum absolute atomic E-state index is 0.469. The van der Waals surface area contributed by atoms with E-state index in [0.29, 0.717) is 22.1 Å². The maximum absolute atomic E-state index is 9.49. The summed E-state index contributed by atoms with van der Waals surface area (Å²) in [6.45, 7) is 0. The molecule has 0 saturated heterocycles. The molecule has 4 aromatic rings. The third-order valence-electron chi connectivity index (χ3n) is 3.88. The third kappa shape index (κ3) is 2.34. The minimum atomic E-state index is 0.469. The fourth-order valence-corrected chi connectivity index (χ4v) is 3.00. The van der Waals surface area contributed by atoms with Crippen LogP contribution in [0.3, 0.4) is 0 Å². The lowest BCUT2D eigenvalue weighted by Gasteiger charge is -2.07. The van der Waals surface area contributed by atoms with Crippen molar-refractivity contribution in [3.05, 3.63) is 77.4 Å². The molecule has 2 heterocycles. The molecule has 2 aromatic carbocycles. The molecule has 0 atom stereocenters. The smallest absolute Gasteiger partial charge is 0.227 e. The van der Waals surface area contributed by atoms with Crippen molar-refractivity contribution in [2.75, 3.05) is 0 Å². The number of halogens is 1. The standard InChI is InChI=1S/C20H11ClN2O/c21-17-9-5-4-8-15(17)19-14(11-22)12-23-20-16(19)10-18(24-20)13-6-2-1-3-7-13/h1-10,12H. The average Bonchev–Trinajstić information content (AvgIpc) is 3.06. The zero-order valence-corrected chi connectivity index (χ0v) is 13.3. The highest BCUT2D eigenvalue weighted by molar-refractivity contribution is 6.33. The Morgan fingerprint density at radius 3 is 2.50 bits per heavy atom. The molecule has 0 bridgehead atoms. The first-order valence-electron chi connectivity index (χ1n) is 7.41. The van der Waals surface area contributed by atoms with Gasteiger partial charge in [0.25, 0.3) is 0 Å². The third-order valence-corrected chi connectivity index (χ3v) is 4.21. The molecule has 0 aliphatic rings. The van der Waals surface area contributed by atoms with Gasteiger partial charge in [-0.05, 0) is 12.1 Å². The first-order chi connectivity index (χ1) is 11.8. The lowest BCUT2D eigenvalue weighted by molar-refractivity contribution is 0.618. The Bertz CT molecular complexity index is 1080. The number of furan rings is 1. The molecule has 0 fully saturated rings. The van der Waals surface area contributed by atoms with Crippen molar-refractivity contribution >= 4 is 22.7 Å². The lowest BCUT2D eigenvalue weighted by Crippen LogP contribution is -1.88. The van der Waals surface area contributed by atoms with Crippen LogP contribution in [0.25, 0.3) is 33.6 Å². The molecule has 0 unspecified atom stereocenters. The summed E-state index contributed by atoms with van der Waals surface area (Å²) >= 11 is 6.35. The second kappa shape index (κ2) is 5.84. The second-order valence-electron chi connectivity index (χ2n) is 5.33. The van der Waals surface area contributed by atoms with E-state index in [1.54, 1.807) is 0 Å². The van der Waals surface area contributed by atoms with Crippen LogP contribution in [0, 0.1) is 11.3 Å². The van der Waals surface area contributed by atoms with Crippen molar-refractivity contribution in [3.63, 3.8) is 0 Å². The van der Waals surface area contributed by atoms with E-state index in [1.807, 2.05) is 60.7 Å². The number of pyridine rings is 1. The summed E-state index contributed by atoms with van der Waals surface area (Å²) < 4.78 is 5.89. The summed E-state index contributed by atoms with van der Waals surface area (Å²) in [5, 5.41) is 10.9. The molecular formula is C20H11ClN2O. The predicted molar refractivity (Wildman–Crippen MR) is 94.6 cm³/mol. The van der Waals surface area contributed by atoms with Gasteiger partial charge in [0.1, 0.15) is 11.8 Å². The van der Waals surface area contributed by atoms with Crippen molar-refractivity contribution < 1.29 is 4.42 Å². The number of hydrogen-bond donors (Lipinski definition) is 0. The van der Waals surface area contributed by atoms with Crippen LogP contribution in [0.4, 0.5) is 0 Å². The summed E-state index contributed by atoms with van der Waals surface area (Å²) in [7, 11) is 0. The average molecular weight is 331 g/mol. The van der Waals surface area contributed by atoms with Crippen LogP contribution in [-0.2, 0) is 0 Å². The number of aromatic nitrogens is 1. The van der Waals surface area contributed by atoms with Crippen LogP contribution in [0.1, 0.15) is 5.56 Å². The van der Waals surface area contributed by atoms with Crippen LogP contribution < -0.4 is 0 Å². The molecule has 24 heavy (non-hydrogen) atoms. The summed E-state index contributed by atoms with van der Waals surface area (Å²) in [6.07, 6.45) is 1.53. The van der Waals surface area contributed by atoms with E-state index in [0.717, 1.165) is 22.1 Å². The number of hydrogen-bond acceptors (Lipinski definition) is 3. The number of benzene rings is 2. The summed E-state index contributed by atoms with van der Waals surface area (Å²) in [5.41, 5.74) is 3.46. The number of nitrogens with zero attached hydrogens (tertiary/aromatic N) is 2. The quantitative estimate of drug-likeness (QED) is 0.474. The van der Waals surface area contributed by atoms with Gasteiger partial charge in [0.2, 0.25) is 5.71 Å². The number of nitriles is 1. The van der Waals surface area contributed by atoms with Crippen molar-refractivity contribution in [1.29, 1.82) is 5.26 Å². The Hall–Kier alpha value is -3.09. The first kappa shape index (κ1) is 14.5. The maximum Gasteiger partial charge on any atom is 0.227 e. The highest BCUT2D eigenvalue weighted by Crippen LogP contribution is 2.38. The van der Waals surface area contributed by atoms with Crippen molar-refractivity contribution in [1.82, 2.24) is 4.98 Å². The molecule has 114 valence electrons. The molecule has 0 aliphatic carbocycles. The Morgan fingerprint density at radius 1 is 1.00 bits per heavy atom. The fourth-order valence-electron chi connectivity index (χ4n) is 2.77. The second-order valence-corrected chi connectivity index (χ2v) is 5.74. The van der Waals surface area contributed by atoms with Gasteiger partial charge in [0, 0.05) is 27.9 Å². The van der Waals surface area contributed by atoms with E-state index in [2.05, 4.69) is 11.1 Å². The van der Waals surface area contributed by atoms with Crippen molar-refractivity contribution in [3.8, 4) is 28.5 Å². The minimum Gasteiger partial charge on any atom is -0.438 e. The Labute approximate surface area is 143 Å². The van der Waals surface area contributed by atoms with Gasteiger partial charge in [-0.15, -0.1) is 0 Å². The van der Waals surface area contributed by atoms with Gasteiger partial charge in [0.05, 0.1) is 10.9 Å². The largest absolute Gasteiger partial charge is 0.438 e. The van der Waals surface area contributed by atoms with E-state index in [4.69, 9.17) is 16.0 Å². The fraction of sp³-hybridized carbons (Fsp3) is 0. The molecule has 0 N–H and O–H groups in total. The van der Waals surface area contributed by atoms with E-state index in [-0.39, 0.29) is 0 Å². The Morgan fingerprint density at radius 2 is 1.75 bits per heavy atom. The molecule has 0 spiro atoms. The zero-order valence-electron chi connectivity index (χ0n) is 12.5. The van der Waals surface area contributed by atoms with Gasteiger partial charge in [-0.3, -0.25) is 0 Å². The van der Waals surface area contributed by atoms with Gasteiger partial charge in [-0.25, -0.2) is 4.98 Å². The number of rotatable bonds is 2. The molecule has 0 radical (unpaired) electrons. The van der Waals surface area contributed by atoms with E-state index in [9.17, 15) is 5.26 Å². The normalized spacial score (nSPS) is 10.7. The predicted octanol–water partition coefficient (Wildman–Crippen LogP) is 5.69. The van der Waals surface area contributed by atoms with Crippen LogP contribution in [0.2, 0.25) is 5.02 Å². The van der Waals surface area contributed by atoms with Gasteiger partial charge < -0.3 is 4.42 Å². The molecule has 4 rings (SSSR count). The zero-order chi connectivity index (χ0) is 16.5. The van der Waals surface area contributed by atoms with Gasteiger partial charge in [-0.2, -0.15) is 5.26 Å². The Balaban J connectivity index is 2.03.